The number of rotatable bonds is 4. The first kappa shape index (κ1) is 12.1. The van der Waals surface area contributed by atoms with Crippen molar-refractivity contribution in [2.24, 2.45) is 7.05 Å². The van der Waals surface area contributed by atoms with Gasteiger partial charge < -0.3 is 5.32 Å². The molecule has 0 aliphatic rings. The van der Waals surface area contributed by atoms with Gasteiger partial charge in [0.1, 0.15) is 4.60 Å². The van der Waals surface area contributed by atoms with Gasteiger partial charge in [-0.05, 0) is 34.5 Å². The van der Waals surface area contributed by atoms with E-state index in [2.05, 4.69) is 44.4 Å². The number of hydrogen-bond donors (Lipinski definition) is 1. The van der Waals surface area contributed by atoms with Gasteiger partial charge in [0.15, 0.2) is 0 Å². The molecule has 2 aromatic rings. The Balaban J connectivity index is 2.09. The lowest BCUT2D eigenvalue weighted by molar-refractivity contribution is 0.746. The summed E-state index contributed by atoms with van der Waals surface area (Å²) in [6, 6.07) is 3.91. The molecule has 0 amide bonds. The lowest BCUT2D eigenvalue weighted by Gasteiger charge is -2.06. The largest absolute Gasteiger partial charge is 0.379 e. The van der Waals surface area contributed by atoms with Crippen LogP contribution < -0.4 is 5.32 Å². The van der Waals surface area contributed by atoms with Gasteiger partial charge in [-0.2, -0.15) is 5.10 Å². The van der Waals surface area contributed by atoms with Crippen molar-refractivity contribution in [3.8, 4) is 0 Å². The van der Waals surface area contributed by atoms with Crippen LogP contribution in [0.4, 0.5) is 5.69 Å². The molecule has 0 aliphatic heterocycles. The van der Waals surface area contributed by atoms with Crippen LogP contribution in [-0.2, 0) is 20.0 Å². The second-order valence-electron chi connectivity index (χ2n) is 3.82. The average molecular weight is 295 g/mol. The Hall–Kier alpha value is -1.36. The number of halogens is 1. The average Bonchev–Trinajstić information content (AvgIpc) is 2.69. The van der Waals surface area contributed by atoms with Gasteiger partial charge in [-0.25, -0.2) is 4.98 Å². The van der Waals surface area contributed by atoms with E-state index in [1.165, 1.54) is 5.56 Å². The fourth-order valence-electron chi connectivity index (χ4n) is 1.74. The molecule has 0 radical (unpaired) electrons. The second-order valence-corrected chi connectivity index (χ2v) is 4.57. The maximum absolute atomic E-state index is 4.41. The zero-order valence-corrected chi connectivity index (χ0v) is 11.5. The van der Waals surface area contributed by atoms with Crippen molar-refractivity contribution >= 4 is 21.6 Å². The smallest absolute Gasteiger partial charge is 0.129 e. The summed E-state index contributed by atoms with van der Waals surface area (Å²) in [5.74, 6) is 0. The summed E-state index contributed by atoms with van der Waals surface area (Å²) in [5.41, 5.74) is 3.36. The SMILES string of the molecule is CCc1nn(C)cc1CNc1cccnc1Br. The minimum atomic E-state index is 0.765. The summed E-state index contributed by atoms with van der Waals surface area (Å²) in [5, 5.41) is 7.77. The molecule has 4 nitrogen and oxygen atoms in total. The molecule has 0 unspecified atom stereocenters. The first-order valence-electron chi connectivity index (χ1n) is 5.56. The van der Waals surface area contributed by atoms with Crippen LogP contribution in [0.15, 0.2) is 29.1 Å². The third kappa shape index (κ3) is 2.85. The van der Waals surface area contributed by atoms with Crippen molar-refractivity contribution in [2.75, 3.05) is 5.32 Å². The Morgan fingerprint density at radius 2 is 2.29 bits per heavy atom. The lowest BCUT2D eigenvalue weighted by atomic mass is 10.2. The summed E-state index contributed by atoms with van der Waals surface area (Å²) < 4.78 is 2.69. The maximum Gasteiger partial charge on any atom is 0.129 e. The van der Waals surface area contributed by atoms with E-state index in [1.807, 2.05) is 23.9 Å². The monoisotopic (exact) mass is 294 g/mol. The Kier molecular flexibility index (Phi) is 3.78. The van der Waals surface area contributed by atoms with E-state index in [0.29, 0.717) is 0 Å². The van der Waals surface area contributed by atoms with Crippen molar-refractivity contribution in [3.05, 3.63) is 40.4 Å². The molecule has 2 rings (SSSR count). The normalized spacial score (nSPS) is 10.5. The molecule has 0 atom stereocenters. The quantitative estimate of drug-likeness (QED) is 0.882. The zero-order valence-electron chi connectivity index (χ0n) is 9.94. The summed E-state index contributed by atoms with van der Waals surface area (Å²) in [4.78, 5) is 4.17. The van der Waals surface area contributed by atoms with Crippen molar-refractivity contribution in [3.63, 3.8) is 0 Å². The van der Waals surface area contributed by atoms with E-state index in [1.54, 1.807) is 6.20 Å². The standard InChI is InChI=1S/C12H15BrN4/c1-3-10-9(8-17(2)16-10)7-15-11-5-4-6-14-12(11)13/h4-6,8,15H,3,7H2,1-2H3. The minimum Gasteiger partial charge on any atom is -0.379 e. The fourth-order valence-corrected chi connectivity index (χ4v) is 2.13. The van der Waals surface area contributed by atoms with Crippen LogP contribution in [0, 0.1) is 0 Å². The van der Waals surface area contributed by atoms with Crippen LogP contribution in [0.5, 0.6) is 0 Å². The third-order valence-electron chi connectivity index (χ3n) is 2.56. The van der Waals surface area contributed by atoms with Gasteiger partial charge >= 0.3 is 0 Å². The molecule has 0 spiro atoms. The van der Waals surface area contributed by atoms with Crippen molar-refractivity contribution in [1.29, 1.82) is 0 Å². The highest BCUT2D eigenvalue weighted by Gasteiger charge is 2.06. The number of nitrogens with one attached hydrogen (secondary N) is 1. The molecule has 0 saturated heterocycles. The number of aromatic nitrogens is 3. The highest BCUT2D eigenvalue weighted by Crippen LogP contribution is 2.19. The van der Waals surface area contributed by atoms with Gasteiger partial charge in [0, 0.05) is 31.5 Å². The number of pyridine rings is 1. The Morgan fingerprint density at radius 3 is 3.00 bits per heavy atom. The molecule has 2 heterocycles. The van der Waals surface area contributed by atoms with Crippen molar-refractivity contribution in [2.45, 2.75) is 19.9 Å². The molecule has 0 aliphatic carbocycles. The lowest BCUT2D eigenvalue weighted by Crippen LogP contribution is -2.02. The van der Waals surface area contributed by atoms with E-state index in [4.69, 9.17) is 0 Å². The van der Waals surface area contributed by atoms with Gasteiger partial charge in [-0.15, -0.1) is 0 Å². The number of hydrogen-bond acceptors (Lipinski definition) is 3. The number of anilines is 1. The zero-order chi connectivity index (χ0) is 12.3. The molecule has 0 saturated carbocycles. The fraction of sp³-hybridized carbons (Fsp3) is 0.333. The van der Waals surface area contributed by atoms with Gasteiger partial charge in [-0.1, -0.05) is 6.92 Å². The van der Waals surface area contributed by atoms with Crippen LogP contribution in [0.2, 0.25) is 0 Å². The van der Waals surface area contributed by atoms with E-state index < -0.39 is 0 Å². The topological polar surface area (TPSA) is 42.7 Å². The highest BCUT2D eigenvalue weighted by molar-refractivity contribution is 9.10. The molecule has 0 fully saturated rings. The molecule has 0 bridgehead atoms. The maximum atomic E-state index is 4.41. The van der Waals surface area contributed by atoms with Crippen molar-refractivity contribution < 1.29 is 0 Å². The van der Waals surface area contributed by atoms with E-state index in [-0.39, 0.29) is 0 Å². The predicted molar refractivity (Wildman–Crippen MR) is 71.8 cm³/mol. The Labute approximate surface area is 109 Å². The summed E-state index contributed by atoms with van der Waals surface area (Å²) >= 11 is 3.42. The van der Waals surface area contributed by atoms with Gasteiger partial charge in [0.2, 0.25) is 0 Å². The second kappa shape index (κ2) is 5.31. The summed E-state index contributed by atoms with van der Waals surface area (Å²) in [7, 11) is 1.95. The van der Waals surface area contributed by atoms with Crippen molar-refractivity contribution in [1.82, 2.24) is 14.8 Å². The molecule has 5 heteroatoms. The van der Waals surface area contributed by atoms with E-state index >= 15 is 0 Å². The first-order chi connectivity index (χ1) is 8.20. The van der Waals surface area contributed by atoms with Crippen LogP contribution in [0.3, 0.4) is 0 Å². The third-order valence-corrected chi connectivity index (χ3v) is 3.19. The van der Waals surface area contributed by atoms with E-state index in [9.17, 15) is 0 Å². The molecule has 17 heavy (non-hydrogen) atoms. The van der Waals surface area contributed by atoms with Crippen LogP contribution in [-0.4, -0.2) is 14.8 Å². The number of nitrogens with zero attached hydrogens (tertiary/aromatic N) is 3. The molecule has 1 N–H and O–H groups in total. The summed E-state index contributed by atoms with van der Waals surface area (Å²) in [6.45, 7) is 2.88. The number of aryl methyl sites for hydroxylation is 2. The van der Waals surface area contributed by atoms with Crippen LogP contribution in [0.1, 0.15) is 18.2 Å². The molecule has 0 aromatic carbocycles. The van der Waals surface area contributed by atoms with Crippen LogP contribution >= 0.6 is 15.9 Å². The van der Waals surface area contributed by atoms with E-state index in [0.717, 1.165) is 29.0 Å². The van der Waals surface area contributed by atoms with Gasteiger partial charge in [-0.3, -0.25) is 4.68 Å². The Morgan fingerprint density at radius 1 is 1.47 bits per heavy atom. The first-order valence-corrected chi connectivity index (χ1v) is 6.35. The predicted octanol–water partition coefficient (Wildman–Crippen LogP) is 2.75. The van der Waals surface area contributed by atoms with Gasteiger partial charge in [0.05, 0.1) is 11.4 Å². The molecule has 90 valence electrons. The summed E-state index contributed by atoms with van der Waals surface area (Å²) in [6.07, 6.45) is 4.76. The van der Waals surface area contributed by atoms with Gasteiger partial charge in [0.25, 0.3) is 0 Å². The van der Waals surface area contributed by atoms with Crippen LogP contribution in [0.25, 0.3) is 0 Å². The molecular weight excluding hydrogens is 280 g/mol. The minimum absolute atomic E-state index is 0.765. The Bertz CT molecular complexity index is 507. The highest BCUT2D eigenvalue weighted by atomic mass is 79.9. The molecule has 2 aromatic heterocycles. The molecular formula is C12H15BrN4.